The molecule has 4 aliphatic carbocycles. The van der Waals surface area contributed by atoms with Crippen molar-refractivity contribution in [1.29, 1.82) is 0 Å². The summed E-state index contributed by atoms with van der Waals surface area (Å²) in [4.78, 5) is 24.9. The van der Waals surface area contributed by atoms with Crippen molar-refractivity contribution in [2.45, 2.75) is 57.3 Å². The van der Waals surface area contributed by atoms with E-state index < -0.39 is 11.0 Å². The fraction of sp³-hybridized carbons (Fsp3) is 0.684. The van der Waals surface area contributed by atoms with Gasteiger partial charge in [-0.15, -0.1) is 0 Å². The van der Waals surface area contributed by atoms with E-state index in [0.717, 1.165) is 35.1 Å². The quantitative estimate of drug-likeness (QED) is 0.685. The summed E-state index contributed by atoms with van der Waals surface area (Å²) in [5.74, 6) is -0.621. The number of rotatable bonds is 0. The van der Waals surface area contributed by atoms with E-state index in [0.29, 0.717) is 12.8 Å². The molecule has 3 saturated heterocycles. The third-order valence-electron chi connectivity index (χ3n) is 8.01. The van der Waals surface area contributed by atoms with Gasteiger partial charge in [-0.1, -0.05) is 6.92 Å². The Labute approximate surface area is 139 Å². The number of esters is 2. The largest absolute Gasteiger partial charge is 0.461 e. The zero-order chi connectivity index (χ0) is 16.6. The second-order valence-electron chi connectivity index (χ2n) is 8.53. The average Bonchev–Trinajstić information content (AvgIpc) is 2.84. The van der Waals surface area contributed by atoms with Crippen molar-refractivity contribution in [2.24, 2.45) is 23.2 Å². The van der Waals surface area contributed by atoms with Gasteiger partial charge in [0.25, 0.3) is 0 Å². The summed E-state index contributed by atoms with van der Waals surface area (Å²) in [6.45, 7) is 4.09. The maximum Gasteiger partial charge on any atom is 0.317 e. The molecule has 5 fully saturated rings. The lowest BCUT2D eigenvalue weighted by Crippen LogP contribution is -2.72. The average molecular weight is 328 g/mol. The second kappa shape index (κ2) is 3.64. The maximum atomic E-state index is 12.9. The Hall–Kier alpha value is -1.62. The smallest absolute Gasteiger partial charge is 0.317 e. The van der Waals surface area contributed by atoms with Crippen molar-refractivity contribution in [2.75, 3.05) is 0 Å². The van der Waals surface area contributed by atoms with Crippen molar-refractivity contribution >= 4 is 11.9 Å². The van der Waals surface area contributed by atoms with Crippen LogP contribution in [0.25, 0.3) is 0 Å². The molecule has 5 heteroatoms. The lowest BCUT2D eigenvalue weighted by molar-refractivity contribution is -0.255. The van der Waals surface area contributed by atoms with Crippen LogP contribution in [-0.4, -0.2) is 34.9 Å². The van der Waals surface area contributed by atoms with Crippen molar-refractivity contribution in [1.82, 2.24) is 0 Å². The Morgan fingerprint density at radius 1 is 1.25 bits per heavy atom. The third-order valence-corrected chi connectivity index (χ3v) is 8.01. The number of hydrogen-bond donors (Lipinski definition) is 1. The van der Waals surface area contributed by atoms with Crippen LogP contribution in [0.2, 0.25) is 0 Å². The SMILES string of the molecule is CC1=C2C[C@@H]3[C@@H]4C[C@@H](C)[C@@]5(CCC(=C2[C@]35O)[C@H]2C(=O)O[C@@H]12)C(=O)O4. The normalized spacial score (nSPS) is 53.4. The molecule has 0 aromatic carbocycles. The molecule has 3 heterocycles. The van der Waals surface area contributed by atoms with Crippen molar-refractivity contribution in [3.63, 3.8) is 0 Å². The van der Waals surface area contributed by atoms with Gasteiger partial charge >= 0.3 is 11.9 Å². The first-order chi connectivity index (χ1) is 11.4. The molecule has 0 aromatic rings. The van der Waals surface area contributed by atoms with E-state index in [2.05, 4.69) is 6.92 Å². The number of carbonyl (C=O) groups is 2. The number of aliphatic hydroxyl groups is 1. The van der Waals surface area contributed by atoms with E-state index in [4.69, 9.17) is 9.47 Å². The summed E-state index contributed by atoms with van der Waals surface area (Å²) >= 11 is 0. The molecule has 7 rings (SSSR count). The van der Waals surface area contributed by atoms with Crippen molar-refractivity contribution in [3.05, 3.63) is 22.3 Å². The van der Waals surface area contributed by atoms with Crippen molar-refractivity contribution < 1.29 is 24.2 Å². The Morgan fingerprint density at radius 2 is 2.04 bits per heavy atom. The zero-order valence-electron chi connectivity index (χ0n) is 13.8. The summed E-state index contributed by atoms with van der Waals surface area (Å²) in [5.41, 5.74) is 2.16. The Morgan fingerprint density at radius 3 is 2.75 bits per heavy atom. The van der Waals surface area contributed by atoms with Crippen LogP contribution in [-0.2, 0) is 19.1 Å². The monoisotopic (exact) mass is 328 g/mol. The summed E-state index contributed by atoms with van der Waals surface area (Å²) in [7, 11) is 0. The third kappa shape index (κ3) is 1.05. The number of ether oxygens (including phenoxy) is 2. The lowest BCUT2D eigenvalue weighted by atomic mass is 9.46. The molecular formula is C19H20O5. The molecule has 1 N–H and O–H groups in total. The topological polar surface area (TPSA) is 72.8 Å². The first kappa shape index (κ1) is 13.6. The standard InChI is InChI=1S/C19H20O5/c1-7-5-12-11-6-10-8(2)15-13(16(20)24-15)9-3-4-18(7,17(21)23-12)19(11,22)14(9)10/h7,11-13,15,22H,3-6H2,1-2H3/t7-,11-,12+,13-,15+,18+,19-/m1/s1. The van der Waals surface area contributed by atoms with Gasteiger partial charge in [-0.05, 0) is 60.8 Å². The summed E-state index contributed by atoms with van der Waals surface area (Å²) in [6, 6.07) is 0. The maximum absolute atomic E-state index is 12.9. The minimum Gasteiger partial charge on any atom is -0.461 e. The fourth-order valence-corrected chi connectivity index (χ4v) is 6.92. The molecule has 3 aliphatic heterocycles. The molecule has 1 spiro atoms. The van der Waals surface area contributed by atoms with E-state index in [1.807, 2.05) is 6.92 Å². The molecular weight excluding hydrogens is 308 g/mol. The molecule has 126 valence electrons. The fourth-order valence-electron chi connectivity index (χ4n) is 6.92. The van der Waals surface area contributed by atoms with Crippen LogP contribution in [0.5, 0.6) is 0 Å². The highest BCUT2D eigenvalue weighted by atomic mass is 16.6. The minimum atomic E-state index is -1.16. The van der Waals surface area contributed by atoms with Gasteiger partial charge in [-0.3, -0.25) is 9.59 Å². The van der Waals surface area contributed by atoms with Crippen molar-refractivity contribution in [3.8, 4) is 0 Å². The molecule has 2 bridgehead atoms. The van der Waals surface area contributed by atoms with Crippen LogP contribution in [0, 0.1) is 23.2 Å². The summed E-state index contributed by atoms with van der Waals surface area (Å²) in [5, 5.41) is 12.0. The van der Waals surface area contributed by atoms with Gasteiger partial charge in [0.05, 0.1) is 0 Å². The molecule has 0 unspecified atom stereocenters. The van der Waals surface area contributed by atoms with E-state index in [-0.39, 0.29) is 41.9 Å². The lowest BCUT2D eigenvalue weighted by Gasteiger charge is -2.63. The van der Waals surface area contributed by atoms with Crippen LogP contribution in [0.1, 0.15) is 39.5 Å². The highest BCUT2D eigenvalue weighted by molar-refractivity contribution is 5.89. The number of hydrogen-bond acceptors (Lipinski definition) is 5. The van der Waals surface area contributed by atoms with Gasteiger partial charge in [0, 0.05) is 5.92 Å². The Bertz CT molecular complexity index is 807. The highest BCUT2D eigenvalue weighted by Crippen LogP contribution is 2.71. The molecule has 0 aromatic heterocycles. The number of carbonyl (C=O) groups excluding carboxylic acids is 2. The first-order valence-corrected chi connectivity index (χ1v) is 8.98. The molecule has 0 amide bonds. The molecule has 2 saturated carbocycles. The predicted molar refractivity (Wildman–Crippen MR) is 81.5 cm³/mol. The van der Waals surface area contributed by atoms with Gasteiger partial charge in [-0.2, -0.15) is 0 Å². The minimum absolute atomic E-state index is 0.0748. The summed E-state index contributed by atoms with van der Waals surface area (Å²) in [6.07, 6.45) is 2.45. The molecule has 7 aliphatic rings. The molecule has 24 heavy (non-hydrogen) atoms. The Balaban J connectivity index is 1.68. The zero-order valence-corrected chi connectivity index (χ0v) is 13.8. The first-order valence-electron chi connectivity index (χ1n) is 8.98. The van der Waals surface area contributed by atoms with Crippen LogP contribution in [0.15, 0.2) is 22.3 Å². The predicted octanol–water partition coefficient (Wildman–Crippen LogP) is 1.65. The van der Waals surface area contributed by atoms with Gasteiger partial charge < -0.3 is 14.6 Å². The molecule has 0 radical (unpaired) electrons. The molecule has 7 atom stereocenters. The second-order valence-corrected chi connectivity index (χ2v) is 8.53. The molecule has 5 nitrogen and oxygen atoms in total. The van der Waals surface area contributed by atoms with Gasteiger partial charge in [0.2, 0.25) is 0 Å². The van der Waals surface area contributed by atoms with Gasteiger partial charge in [0.15, 0.2) is 0 Å². The number of fused-ring (bicyclic) bond motifs is 4. The van der Waals surface area contributed by atoms with Gasteiger partial charge in [-0.25, -0.2) is 0 Å². The van der Waals surface area contributed by atoms with E-state index in [9.17, 15) is 14.7 Å². The highest BCUT2D eigenvalue weighted by Gasteiger charge is 2.77. The van der Waals surface area contributed by atoms with Gasteiger partial charge in [0.1, 0.15) is 29.1 Å². The van der Waals surface area contributed by atoms with E-state index >= 15 is 0 Å². The van der Waals surface area contributed by atoms with Crippen LogP contribution < -0.4 is 0 Å². The van der Waals surface area contributed by atoms with Crippen LogP contribution in [0.3, 0.4) is 0 Å². The van der Waals surface area contributed by atoms with Crippen LogP contribution >= 0.6 is 0 Å². The Kier molecular flexibility index (Phi) is 2.07. The van der Waals surface area contributed by atoms with E-state index in [1.165, 1.54) is 0 Å². The summed E-state index contributed by atoms with van der Waals surface area (Å²) < 4.78 is 11.1. The van der Waals surface area contributed by atoms with Crippen LogP contribution in [0.4, 0.5) is 0 Å². The van der Waals surface area contributed by atoms with E-state index in [1.54, 1.807) is 0 Å².